The number of hydrogen-bond donors (Lipinski definition) is 1. The first kappa shape index (κ1) is 8.73. The van der Waals surface area contributed by atoms with Crippen molar-refractivity contribution < 1.29 is 9.32 Å². The highest BCUT2D eigenvalue weighted by Gasteiger charge is 2.14. The van der Waals surface area contributed by atoms with Crippen LogP contribution in [0.4, 0.5) is 0 Å². The number of nitrogens with zero attached hydrogens (tertiary/aromatic N) is 1. The van der Waals surface area contributed by atoms with Gasteiger partial charge in [-0.05, 0) is 6.42 Å². The smallest absolute Gasteiger partial charge is 0.329 e. The molecular formula is C7H10N2O3. The molecule has 1 unspecified atom stereocenters. The van der Waals surface area contributed by atoms with Crippen LogP contribution in [-0.4, -0.2) is 16.7 Å². The first-order chi connectivity index (χ1) is 5.65. The third kappa shape index (κ3) is 1.62. The molecule has 0 aliphatic heterocycles. The van der Waals surface area contributed by atoms with Gasteiger partial charge in [-0.25, -0.2) is 4.79 Å². The van der Waals surface area contributed by atoms with Crippen LogP contribution < -0.4 is 11.4 Å². The van der Waals surface area contributed by atoms with Gasteiger partial charge in [0.2, 0.25) is 0 Å². The van der Waals surface area contributed by atoms with E-state index in [0.717, 1.165) is 4.74 Å². The molecule has 1 aromatic rings. The van der Waals surface area contributed by atoms with Crippen molar-refractivity contribution in [3.63, 3.8) is 0 Å². The minimum atomic E-state index is -0.611. The van der Waals surface area contributed by atoms with Crippen LogP contribution in [0.15, 0.2) is 21.6 Å². The van der Waals surface area contributed by atoms with Gasteiger partial charge in [-0.1, -0.05) is 6.92 Å². The second-order valence-corrected chi connectivity index (χ2v) is 2.40. The van der Waals surface area contributed by atoms with E-state index in [4.69, 9.17) is 5.73 Å². The van der Waals surface area contributed by atoms with E-state index in [0.29, 0.717) is 6.42 Å². The van der Waals surface area contributed by atoms with Crippen LogP contribution in [0, 0.1) is 0 Å². The summed E-state index contributed by atoms with van der Waals surface area (Å²) in [4.78, 5) is 21.7. The van der Waals surface area contributed by atoms with Gasteiger partial charge in [0.25, 0.3) is 5.91 Å². The van der Waals surface area contributed by atoms with Gasteiger partial charge >= 0.3 is 5.63 Å². The Morgan fingerprint density at radius 1 is 1.83 bits per heavy atom. The molecule has 5 heteroatoms. The summed E-state index contributed by atoms with van der Waals surface area (Å²) in [5, 5.41) is 0. The summed E-state index contributed by atoms with van der Waals surface area (Å²) in [6.45, 7) is 1.78. The number of carbonyl (C=O) groups excluding carboxylic acids is 1. The van der Waals surface area contributed by atoms with E-state index in [1.54, 1.807) is 6.92 Å². The number of hydrogen-bond acceptors (Lipinski definition) is 4. The Bertz CT molecular complexity index is 325. The summed E-state index contributed by atoms with van der Waals surface area (Å²) in [6.07, 6.45) is 1.78. The average Bonchev–Trinajstić information content (AvgIpc) is 2.49. The van der Waals surface area contributed by atoms with Crippen LogP contribution >= 0.6 is 0 Å². The molecule has 0 aliphatic rings. The zero-order valence-corrected chi connectivity index (χ0v) is 6.69. The lowest BCUT2D eigenvalue weighted by atomic mass is 10.2. The molecule has 12 heavy (non-hydrogen) atoms. The summed E-state index contributed by atoms with van der Waals surface area (Å²) < 4.78 is 5.36. The molecule has 0 saturated carbocycles. The van der Waals surface area contributed by atoms with Crippen molar-refractivity contribution in [2.45, 2.75) is 19.4 Å². The molecule has 1 atom stereocenters. The predicted molar refractivity (Wildman–Crippen MR) is 41.9 cm³/mol. The highest BCUT2D eigenvalue weighted by Crippen LogP contribution is 1.92. The highest BCUT2D eigenvalue weighted by molar-refractivity contribution is 5.82. The lowest BCUT2D eigenvalue weighted by molar-refractivity contribution is 0.0748. The van der Waals surface area contributed by atoms with E-state index < -0.39 is 17.6 Å². The molecule has 1 aromatic heterocycles. The van der Waals surface area contributed by atoms with Crippen LogP contribution in [0.25, 0.3) is 0 Å². The third-order valence-electron chi connectivity index (χ3n) is 1.51. The van der Waals surface area contributed by atoms with Crippen LogP contribution in [0.3, 0.4) is 0 Å². The molecule has 0 radical (unpaired) electrons. The maximum Gasteiger partial charge on any atom is 0.358 e. The molecule has 5 nitrogen and oxygen atoms in total. The molecule has 1 heterocycles. The Morgan fingerprint density at radius 2 is 2.50 bits per heavy atom. The van der Waals surface area contributed by atoms with E-state index in [1.807, 2.05) is 0 Å². The molecule has 0 amide bonds. The predicted octanol–water partition coefficient (Wildman–Crippen LogP) is -0.181. The second-order valence-electron chi connectivity index (χ2n) is 2.40. The normalized spacial score (nSPS) is 12.8. The fourth-order valence-electron chi connectivity index (χ4n) is 0.743. The number of carbonyl (C=O) groups is 1. The monoisotopic (exact) mass is 170 g/mol. The van der Waals surface area contributed by atoms with Gasteiger partial charge in [-0.3, -0.25) is 4.79 Å². The van der Waals surface area contributed by atoms with E-state index in [-0.39, 0.29) is 0 Å². The van der Waals surface area contributed by atoms with Crippen molar-refractivity contribution in [1.82, 2.24) is 4.74 Å². The Morgan fingerprint density at radius 3 is 2.92 bits per heavy atom. The van der Waals surface area contributed by atoms with E-state index in [9.17, 15) is 9.59 Å². The van der Waals surface area contributed by atoms with Crippen LogP contribution in [0.1, 0.15) is 18.1 Å². The molecule has 0 saturated heterocycles. The van der Waals surface area contributed by atoms with Gasteiger partial charge in [0.1, 0.15) is 0 Å². The Hall–Kier alpha value is -1.36. The van der Waals surface area contributed by atoms with Gasteiger partial charge in [0.05, 0.1) is 12.2 Å². The van der Waals surface area contributed by atoms with E-state index >= 15 is 0 Å². The second kappa shape index (κ2) is 3.36. The lowest BCUT2D eigenvalue weighted by Crippen LogP contribution is -2.33. The van der Waals surface area contributed by atoms with Crippen molar-refractivity contribution in [3.05, 3.63) is 22.7 Å². The molecule has 66 valence electrons. The number of rotatable bonds is 2. The summed E-state index contributed by atoms with van der Waals surface area (Å²) in [5.74, 6) is -0.403. The fourth-order valence-corrected chi connectivity index (χ4v) is 0.743. The molecule has 0 fully saturated rings. The van der Waals surface area contributed by atoms with Crippen molar-refractivity contribution in [3.8, 4) is 0 Å². The quantitative estimate of drug-likeness (QED) is 0.667. The lowest BCUT2D eigenvalue weighted by Gasteiger charge is -2.04. The Labute approximate surface area is 68.7 Å². The molecule has 0 aliphatic carbocycles. The Kier molecular flexibility index (Phi) is 2.44. The van der Waals surface area contributed by atoms with Crippen molar-refractivity contribution in [1.29, 1.82) is 0 Å². The minimum Gasteiger partial charge on any atom is -0.329 e. The Balaban J connectivity index is 2.85. The summed E-state index contributed by atoms with van der Waals surface area (Å²) >= 11 is 0. The highest BCUT2D eigenvalue weighted by atomic mass is 16.5. The van der Waals surface area contributed by atoms with Gasteiger partial charge in [-0.2, -0.15) is 0 Å². The summed E-state index contributed by atoms with van der Waals surface area (Å²) in [7, 11) is 0. The largest absolute Gasteiger partial charge is 0.358 e. The molecule has 0 bridgehead atoms. The first-order valence-electron chi connectivity index (χ1n) is 3.64. The average molecular weight is 170 g/mol. The molecular weight excluding hydrogens is 160 g/mol. The maximum absolute atomic E-state index is 11.2. The number of nitrogens with two attached hydrogens (primary N) is 1. The first-order valence-corrected chi connectivity index (χ1v) is 3.64. The van der Waals surface area contributed by atoms with Crippen LogP contribution in [0.2, 0.25) is 0 Å². The van der Waals surface area contributed by atoms with E-state index in [1.165, 1.54) is 12.3 Å². The third-order valence-corrected chi connectivity index (χ3v) is 1.51. The van der Waals surface area contributed by atoms with Gasteiger partial charge in [-0.15, -0.1) is 4.74 Å². The summed E-state index contributed by atoms with van der Waals surface area (Å²) in [5.41, 5.74) is 4.88. The molecule has 0 spiro atoms. The van der Waals surface area contributed by atoms with Crippen LogP contribution in [-0.2, 0) is 0 Å². The zero-order chi connectivity index (χ0) is 9.14. The van der Waals surface area contributed by atoms with Crippen LogP contribution in [0.5, 0.6) is 0 Å². The van der Waals surface area contributed by atoms with Crippen molar-refractivity contribution >= 4 is 5.91 Å². The van der Waals surface area contributed by atoms with E-state index in [2.05, 4.69) is 4.52 Å². The molecule has 1 rings (SSSR count). The SMILES string of the molecule is CCC(N)C(=O)n1ccc(=O)o1. The molecule has 0 aromatic carbocycles. The topological polar surface area (TPSA) is 78.2 Å². The molecule has 2 N–H and O–H groups in total. The number of aromatic nitrogens is 1. The summed E-state index contributed by atoms with van der Waals surface area (Å²) in [6, 6.07) is 0.556. The maximum atomic E-state index is 11.2. The van der Waals surface area contributed by atoms with Gasteiger partial charge < -0.3 is 10.3 Å². The fraction of sp³-hybridized carbons (Fsp3) is 0.429. The standard InChI is InChI=1S/C7H10N2O3/c1-2-5(8)7(11)9-4-3-6(10)12-9/h3-5H,2,8H2,1H3. The van der Waals surface area contributed by atoms with Gasteiger partial charge in [0.15, 0.2) is 0 Å². The van der Waals surface area contributed by atoms with Crippen molar-refractivity contribution in [2.24, 2.45) is 5.73 Å². The minimum absolute atomic E-state index is 0.403. The zero-order valence-electron chi connectivity index (χ0n) is 6.69. The van der Waals surface area contributed by atoms with Crippen molar-refractivity contribution in [2.75, 3.05) is 0 Å². The van der Waals surface area contributed by atoms with Gasteiger partial charge in [0, 0.05) is 6.07 Å².